The van der Waals surface area contributed by atoms with Gasteiger partial charge in [0, 0.05) is 53.1 Å². The number of Topliss-reactive ketones (excluding diaryl/α,β-unsaturated/α-hetero) is 2. The monoisotopic (exact) mass is 1180 g/mol. The number of carboxylic acid groups (broad SMARTS) is 1. The van der Waals surface area contributed by atoms with Crippen molar-refractivity contribution in [2.24, 2.45) is 17.4 Å². The van der Waals surface area contributed by atoms with Crippen molar-refractivity contribution in [1.29, 1.82) is 0 Å². The van der Waals surface area contributed by atoms with Gasteiger partial charge in [-0.1, -0.05) is 57.7 Å². The molecule has 0 aliphatic rings. The van der Waals surface area contributed by atoms with Crippen LogP contribution in [0.4, 0.5) is 0 Å². The first-order valence-corrected chi connectivity index (χ1v) is 30.3. The van der Waals surface area contributed by atoms with E-state index < -0.39 is 21.2 Å². The van der Waals surface area contributed by atoms with E-state index in [4.69, 9.17) is 47.0 Å². The number of likely N-dealkylation sites (N-methyl/N-ethyl adjacent to an activating group) is 3. The first-order chi connectivity index (χ1) is 36.8. The SMILES string of the molecule is CNCCCC[C@H](NC)C(=O)CCCl.CNCCCC[C@H](NC)C(=O)CCO.CNCCCC[C@H](NC)C(=O)O.COc1cc(CNC(=O)CCCC/C=C/C(C)C)ccc1OCNC(=O)[C@@H](N)CCCCN.O=S(Cl)Cl. The number of hydrogen-bond donors (Lipinski definition) is 12. The van der Waals surface area contributed by atoms with Crippen molar-refractivity contribution in [3.63, 3.8) is 0 Å². The van der Waals surface area contributed by atoms with Crippen molar-refractivity contribution >= 4 is 71.5 Å². The van der Waals surface area contributed by atoms with Crippen molar-refractivity contribution < 1.29 is 47.9 Å². The first-order valence-electron chi connectivity index (χ1n) is 27.0. The number of carboxylic acids is 1. The van der Waals surface area contributed by atoms with Crippen LogP contribution >= 0.6 is 33.0 Å². The minimum atomic E-state index is -1.67. The van der Waals surface area contributed by atoms with E-state index in [-0.39, 0.29) is 61.3 Å². The maximum absolute atomic E-state index is 12.1. The smallest absolute Gasteiger partial charge is 0.320 e. The second-order valence-corrected chi connectivity index (χ2v) is 21.0. The average molecular weight is 1180 g/mol. The maximum atomic E-state index is 12.1. The van der Waals surface area contributed by atoms with Crippen LogP contribution in [-0.4, -0.2) is 163 Å². The number of ketones is 2. The number of methoxy groups -OCH3 is 1. The van der Waals surface area contributed by atoms with Crippen molar-refractivity contribution in [3.05, 3.63) is 35.9 Å². The topological polar surface area (TPSA) is 310 Å². The van der Waals surface area contributed by atoms with Crippen molar-refractivity contribution in [2.45, 2.75) is 160 Å². The van der Waals surface area contributed by atoms with Gasteiger partial charge in [-0.25, -0.2) is 4.21 Å². The number of carbonyl (C=O) groups is 5. The van der Waals surface area contributed by atoms with E-state index in [2.05, 4.69) is 89.9 Å². The molecule has 0 unspecified atom stereocenters. The minimum absolute atomic E-state index is 0.00870. The Morgan fingerprint density at radius 1 is 0.701 bits per heavy atom. The number of aliphatic hydroxyl groups excluding tert-OH is 1. The Hall–Kier alpha value is -3.03. The van der Waals surface area contributed by atoms with Crippen LogP contribution in [0.15, 0.2) is 30.4 Å². The van der Waals surface area contributed by atoms with E-state index in [1.807, 2.05) is 40.3 Å². The normalized spacial score (nSPS) is 12.3. The second-order valence-electron chi connectivity index (χ2n) is 18.1. The molecule has 0 aliphatic carbocycles. The molecule has 24 heteroatoms. The van der Waals surface area contributed by atoms with Gasteiger partial charge < -0.3 is 73.7 Å². The van der Waals surface area contributed by atoms with Crippen molar-refractivity contribution in [2.75, 3.05) is 94.8 Å². The highest BCUT2D eigenvalue weighted by atomic mass is 36.0. The Bertz CT molecular complexity index is 1630. The van der Waals surface area contributed by atoms with Gasteiger partial charge >= 0.3 is 5.97 Å². The third-order valence-corrected chi connectivity index (χ3v) is 11.6. The number of nitrogens with two attached hydrogens (primary N) is 2. The molecule has 14 N–H and O–H groups in total. The fraction of sp³-hybridized carbons (Fsp3) is 0.755. The molecule has 2 amide bonds. The molecule has 1 rings (SSSR count). The van der Waals surface area contributed by atoms with Crippen LogP contribution in [0.5, 0.6) is 11.5 Å². The summed E-state index contributed by atoms with van der Waals surface area (Å²) in [5, 5.41) is 40.8. The summed E-state index contributed by atoms with van der Waals surface area (Å²) in [6, 6.07) is 4.37. The zero-order valence-corrected chi connectivity index (χ0v) is 51.1. The first kappa shape index (κ1) is 80.4. The molecular formula is C53H103Cl3N10O10S. The molecule has 0 saturated heterocycles. The lowest BCUT2D eigenvalue weighted by atomic mass is 10.0. The summed E-state index contributed by atoms with van der Waals surface area (Å²) >= 11 is 5.52. The lowest BCUT2D eigenvalue weighted by Crippen LogP contribution is -2.42. The van der Waals surface area contributed by atoms with Gasteiger partial charge in [-0.3, -0.25) is 24.0 Å². The zero-order valence-electron chi connectivity index (χ0n) is 48.0. The summed E-state index contributed by atoms with van der Waals surface area (Å²) < 4.78 is 20.1. The second kappa shape index (κ2) is 59.1. The van der Waals surface area contributed by atoms with Crippen LogP contribution in [0.3, 0.4) is 0 Å². The molecule has 0 saturated carbocycles. The number of unbranched alkanes of at least 4 members (excludes halogenated alkanes) is 6. The number of halogens is 3. The summed E-state index contributed by atoms with van der Waals surface area (Å²) in [5.74, 6) is 1.37. The van der Waals surface area contributed by atoms with E-state index >= 15 is 0 Å². The number of aliphatic hydroxyl groups is 1. The van der Waals surface area contributed by atoms with Crippen molar-refractivity contribution in [1.82, 2.24) is 42.5 Å². The number of aliphatic carboxylic acids is 1. The lowest BCUT2D eigenvalue weighted by molar-refractivity contribution is -0.139. The van der Waals surface area contributed by atoms with Crippen LogP contribution in [-0.2, 0) is 39.7 Å². The highest BCUT2D eigenvalue weighted by molar-refractivity contribution is 8.26. The highest BCUT2D eigenvalue weighted by Crippen LogP contribution is 2.28. The van der Waals surface area contributed by atoms with Crippen LogP contribution in [0.25, 0.3) is 0 Å². The van der Waals surface area contributed by atoms with Gasteiger partial charge in [0.05, 0.1) is 31.8 Å². The van der Waals surface area contributed by atoms with E-state index in [9.17, 15) is 24.0 Å². The van der Waals surface area contributed by atoms with E-state index in [1.165, 1.54) is 0 Å². The fourth-order valence-electron chi connectivity index (χ4n) is 6.93. The summed E-state index contributed by atoms with van der Waals surface area (Å²) in [6.45, 7) is 8.21. The number of carbonyl (C=O) groups excluding carboxylic acids is 4. The summed E-state index contributed by atoms with van der Waals surface area (Å²) in [7, 11) is 20.0. The van der Waals surface area contributed by atoms with E-state index in [1.54, 1.807) is 27.3 Å². The molecule has 20 nitrogen and oxygen atoms in total. The van der Waals surface area contributed by atoms with Crippen LogP contribution in [0.1, 0.15) is 135 Å². The molecule has 0 spiro atoms. The van der Waals surface area contributed by atoms with Gasteiger partial charge in [-0.2, -0.15) is 0 Å². The van der Waals surface area contributed by atoms with Crippen LogP contribution in [0.2, 0.25) is 0 Å². The van der Waals surface area contributed by atoms with Gasteiger partial charge in [0.25, 0.3) is 0 Å². The zero-order chi connectivity index (χ0) is 59.1. The molecule has 0 fully saturated rings. The third-order valence-electron chi connectivity index (χ3n) is 11.4. The Kier molecular flexibility index (Phi) is 61.7. The minimum Gasteiger partial charge on any atom is -0.493 e. The Morgan fingerprint density at radius 3 is 1.65 bits per heavy atom. The number of rotatable bonds is 42. The average Bonchev–Trinajstić information content (AvgIpc) is 3.39. The number of amides is 2. The Labute approximate surface area is 479 Å². The predicted molar refractivity (Wildman–Crippen MR) is 318 cm³/mol. The van der Waals surface area contributed by atoms with Gasteiger partial charge in [0.2, 0.25) is 21.0 Å². The maximum Gasteiger partial charge on any atom is 0.320 e. The number of ether oxygens (including phenoxy) is 2. The molecule has 4 atom stereocenters. The van der Waals surface area contributed by atoms with Crippen molar-refractivity contribution in [3.8, 4) is 11.5 Å². The highest BCUT2D eigenvalue weighted by Gasteiger charge is 2.17. The van der Waals surface area contributed by atoms with Crippen LogP contribution in [0, 0.1) is 5.92 Å². The predicted octanol–water partition coefficient (Wildman–Crippen LogP) is 5.16. The van der Waals surface area contributed by atoms with Gasteiger partial charge in [-0.15, -0.1) is 11.6 Å². The molecule has 77 heavy (non-hydrogen) atoms. The molecule has 0 aromatic heterocycles. The molecule has 452 valence electrons. The standard InChI is InChI=1S/C25H42N4O4.C10H21ClN2O.C10H22N2O2.C8H18N2O2.Cl2OS/c1-19(2)10-6-4-5-7-12-24(30)28-17-20-13-14-22(23(16-20)32-3)33-18-29-25(31)21(27)11-8-9-15-26;1-12-8-4-3-5-9(13-2)10(14)6-7-11;1-11-7-4-3-5-9(12-2)10(14)6-8-13;1-9-6-4-3-5-7(10-2)8(11)12;1-4(2)3/h6,10,13-14,16,19,21H,4-5,7-9,11-12,15,17-18,26-27H2,1-3H3,(H,28,30)(H,29,31);9,12-13H,3-8H2,1-2H3;9,11-13H,3-8H2,1-2H3;7,9-10H,3-6H2,1-2H3,(H,11,12);/b10-6+;;;;/t21-;2*9-;7-;/m0000./s1. The third kappa shape index (κ3) is 53.4. The summed E-state index contributed by atoms with van der Waals surface area (Å²) in [4.78, 5) is 57.5. The number of alkyl halides is 1. The largest absolute Gasteiger partial charge is 0.493 e. The Morgan fingerprint density at radius 2 is 1.21 bits per heavy atom. The van der Waals surface area contributed by atoms with Gasteiger partial charge in [0.15, 0.2) is 29.8 Å². The fourth-order valence-corrected chi connectivity index (χ4v) is 7.11. The Balaban J connectivity index is -0.000000501. The number of nitrogens with one attached hydrogen (secondary N) is 8. The number of allylic oxidation sites excluding steroid dienone is 2. The van der Waals surface area contributed by atoms with E-state index in [0.29, 0.717) is 62.1 Å². The summed E-state index contributed by atoms with van der Waals surface area (Å²) in [5.41, 5.74) is 12.2. The molecule has 0 heterocycles. The van der Waals surface area contributed by atoms with E-state index in [0.717, 1.165) is 109 Å². The van der Waals surface area contributed by atoms with Crippen LogP contribution < -0.4 is 63.5 Å². The molecular weight excluding hydrogens is 1080 g/mol. The number of benzene rings is 1. The van der Waals surface area contributed by atoms with Gasteiger partial charge in [-0.05, 0) is 163 Å². The molecule has 1 aromatic carbocycles. The molecule has 0 aliphatic heterocycles. The number of hydrogen-bond acceptors (Lipinski definition) is 17. The molecule has 0 bridgehead atoms. The quantitative estimate of drug-likeness (QED) is 0.0132. The molecule has 0 radical (unpaired) electrons. The van der Waals surface area contributed by atoms with Gasteiger partial charge in [0.1, 0.15) is 6.04 Å². The summed E-state index contributed by atoms with van der Waals surface area (Å²) in [6.07, 6.45) is 19.5. The lowest BCUT2D eigenvalue weighted by Gasteiger charge is -2.15. The molecule has 1 aromatic rings.